The standard InChI is InChI=1S/C24H32N4O2/c1-19-14-21(24(30)22(15-19)18-28-12-10-27(2)11-13-28)17-26-9-5-8-25-16-20-6-3-4-7-23(20)29/h3-4,6-7,14-17,29-30H,5,8-13,18H2,1-2H3/p+1. The topological polar surface area (TPSA) is 72.9 Å². The number of rotatable bonds is 8. The molecule has 1 aliphatic heterocycles. The van der Waals surface area contributed by atoms with Gasteiger partial charge in [-0.05, 0) is 37.1 Å². The normalized spacial score (nSPS) is 16.1. The molecule has 160 valence electrons. The van der Waals surface area contributed by atoms with Gasteiger partial charge < -0.3 is 15.1 Å². The largest absolute Gasteiger partial charge is 0.507 e. The van der Waals surface area contributed by atoms with E-state index in [-0.39, 0.29) is 5.75 Å². The number of benzene rings is 2. The summed E-state index contributed by atoms with van der Waals surface area (Å²) < 4.78 is 0. The van der Waals surface area contributed by atoms with E-state index in [0.29, 0.717) is 18.8 Å². The Morgan fingerprint density at radius 1 is 1.00 bits per heavy atom. The molecule has 0 aliphatic carbocycles. The number of nitrogens with one attached hydrogen (secondary N) is 1. The van der Waals surface area contributed by atoms with Crippen molar-refractivity contribution >= 4 is 12.4 Å². The van der Waals surface area contributed by atoms with Crippen molar-refractivity contribution in [1.82, 2.24) is 4.90 Å². The molecule has 3 N–H and O–H groups in total. The second-order valence-corrected chi connectivity index (χ2v) is 8.08. The lowest BCUT2D eigenvalue weighted by Crippen LogP contribution is -3.11. The van der Waals surface area contributed by atoms with E-state index in [0.717, 1.165) is 61.4 Å². The van der Waals surface area contributed by atoms with Gasteiger partial charge in [0.25, 0.3) is 0 Å². The molecule has 1 heterocycles. The SMILES string of the molecule is Cc1cc(C=NCCCN=Cc2ccccc2O)c(O)c(CN2CC[NH+](C)CC2)c1. The zero-order valence-electron chi connectivity index (χ0n) is 18.0. The van der Waals surface area contributed by atoms with Gasteiger partial charge in [0, 0.05) is 61.8 Å². The molecule has 0 spiro atoms. The minimum Gasteiger partial charge on any atom is -0.507 e. The van der Waals surface area contributed by atoms with Crippen molar-refractivity contribution in [2.24, 2.45) is 9.98 Å². The Morgan fingerprint density at radius 3 is 2.37 bits per heavy atom. The molecule has 6 nitrogen and oxygen atoms in total. The number of phenolic OH excluding ortho intramolecular Hbond substituents is 2. The molecule has 2 aromatic carbocycles. The zero-order chi connectivity index (χ0) is 21.3. The third-order valence-electron chi connectivity index (χ3n) is 5.44. The van der Waals surface area contributed by atoms with E-state index >= 15 is 0 Å². The molecule has 0 amide bonds. The number of piperazine rings is 1. The number of quaternary nitrogens is 1. The summed E-state index contributed by atoms with van der Waals surface area (Å²) in [4.78, 5) is 12.8. The first-order valence-corrected chi connectivity index (χ1v) is 10.7. The number of aromatic hydroxyl groups is 2. The predicted molar refractivity (Wildman–Crippen MR) is 122 cm³/mol. The van der Waals surface area contributed by atoms with Gasteiger partial charge in [-0.25, -0.2) is 0 Å². The first-order valence-electron chi connectivity index (χ1n) is 10.7. The molecule has 0 radical (unpaired) electrons. The molecular weight excluding hydrogens is 376 g/mol. The fraction of sp³-hybridized carbons (Fsp3) is 0.417. The Hall–Kier alpha value is -2.70. The summed E-state index contributed by atoms with van der Waals surface area (Å²) >= 11 is 0. The lowest BCUT2D eigenvalue weighted by molar-refractivity contribution is -0.884. The molecule has 0 aromatic heterocycles. The Morgan fingerprint density at radius 2 is 1.67 bits per heavy atom. The third-order valence-corrected chi connectivity index (χ3v) is 5.44. The molecule has 0 unspecified atom stereocenters. The van der Waals surface area contributed by atoms with Crippen LogP contribution in [0.2, 0.25) is 0 Å². The fourth-order valence-corrected chi connectivity index (χ4v) is 3.61. The van der Waals surface area contributed by atoms with Crippen LogP contribution in [0.4, 0.5) is 0 Å². The van der Waals surface area contributed by atoms with E-state index in [1.165, 1.54) is 0 Å². The Bertz CT molecular complexity index is 887. The average molecular weight is 410 g/mol. The summed E-state index contributed by atoms with van der Waals surface area (Å²) in [6, 6.07) is 11.2. The third kappa shape index (κ3) is 6.40. The summed E-state index contributed by atoms with van der Waals surface area (Å²) in [6.07, 6.45) is 4.27. The maximum Gasteiger partial charge on any atom is 0.128 e. The minimum absolute atomic E-state index is 0.239. The van der Waals surface area contributed by atoms with Crippen LogP contribution in [-0.4, -0.2) is 73.9 Å². The lowest BCUT2D eigenvalue weighted by Gasteiger charge is -2.30. The van der Waals surface area contributed by atoms with Gasteiger partial charge in [0.2, 0.25) is 0 Å². The molecular formula is C24H33N4O2+. The quantitative estimate of drug-likeness (QED) is 0.459. The highest BCUT2D eigenvalue weighted by Gasteiger charge is 2.18. The molecule has 2 aromatic rings. The van der Waals surface area contributed by atoms with Crippen LogP contribution in [0.15, 0.2) is 46.4 Å². The predicted octanol–water partition coefficient (Wildman–Crippen LogP) is 1.66. The number of para-hydroxylation sites is 1. The van der Waals surface area contributed by atoms with E-state index in [1.54, 1.807) is 29.5 Å². The van der Waals surface area contributed by atoms with Crippen molar-refractivity contribution < 1.29 is 15.1 Å². The van der Waals surface area contributed by atoms with Gasteiger partial charge in [0.1, 0.15) is 11.5 Å². The van der Waals surface area contributed by atoms with E-state index in [9.17, 15) is 10.2 Å². The van der Waals surface area contributed by atoms with Gasteiger partial charge in [-0.3, -0.25) is 14.9 Å². The van der Waals surface area contributed by atoms with Crippen LogP contribution in [-0.2, 0) is 6.54 Å². The number of phenols is 2. The van der Waals surface area contributed by atoms with E-state index in [1.807, 2.05) is 18.2 Å². The second-order valence-electron chi connectivity index (χ2n) is 8.08. The summed E-state index contributed by atoms with van der Waals surface area (Å²) in [5, 5.41) is 20.4. The maximum atomic E-state index is 10.7. The van der Waals surface area contributed by atoms with E-state index < -0.39 is 0 Å². The molecule has 1 saturated heterocycles. The molecule has 6 heteroatoms. The smallest absolute Gasteiger partial charge is 0.128 e. The Labute approximate surface area is 179 Å². The van der Waals surface area contributed by atoms with Crippen molar-refractivity contribution in [1.29, 1.82) is 0 Å². The van der Waals surface area contributed by atoms with Crippen LogP contribution in [0.3, 0.4) is 0 Å². The molecule has 0 atom stereocenters. The van der Waals surface area contributed by atoms with Crippen molar-refractivity contribution in [3.8, 4) is 11.5 Å². The first-order chi connectivity index (χ1) is 14.5. The highest BCUT2D eigenvalue weighted by molar-refractivity contribution is 5.84. The number of nitrogens with zero attached hydrogens (tertiary/aromatic N) is 3. The van der Waals surface area contributed by atoms with Crippen molar-refractivity contribution in [3.05, 3.63) is 58.7 Å². The van der Waals surface area contributed by atoms with Gasteiger partial charge in [0.05, 0.1) is 20.1 Å². The lowest BCUT2D eigenvalue weighted by atomic mass is 10.0. The van der Waals surface area contributed by atoms with Gasteiger partial charge in [-0.1, -0.05) is 18.2 Å². The van der Waals surface area contributed by atoms with Gasteiger partial charge in [-0.2, -0.15) is 0 Å². The monoisotopic (exact) mass is 409 g/mol. The molecule has 1 aliphatic rings. The van der Waals surface area contributed by atoms with Gasteiger partial charge in [0.15, 0.2) is 0 Å². The highest BCUT2D eigenvalue weighted by Crippen LogP contribution is 2.25. The molecule has 0 bridgehead atoms. The van der Waals surface area contributed by atoms with Crippen molar-refractivity contribution in [3.63, 3.8) is 0 Å². The summed E-state index contributed by atoms with van der Waals surface area (Å²) in [7, 11) is 2.23. The maximum absolute atomic E-state index is 10.7. The Balaban J connectivity index is 1.51. The van der Waals surface area contributed by atoms with Gasteiger partial charge >= 0.3 is 0 Å². The number of aryl methyl sites for hydroxylation is 1. The average Bonchev–Trinajstić information content (AvgIpc) is 2.73. The Kier molecular flexibility index (Phi) is 7.99. The molecule has 30 heavy (non-hydrogen) atoms. The summed E-state index contributed by atoms with van der Waals surface area (Å²) in [5.74, 6) is 0.580. The van der Waals surface area contributed by atoms with Crippen LogP contribution < -0.4 is 4.90 Å². The number of likely N-dealkylation sites (N-methyl/N-ethyl adjacent to an activating group) is 1. The first kappa shape index (κ1) is 22.0. The zero-order valence-corrected chi connectivity index (χ0v) is 18.0. The van der Waals surface area contributed by atoms with Gasteiger partial charge in [-0.15, -0.1) is 0 Å². The van der Waals surface area contributed by atoms with Crippen LogP contribution in [0.5, 0.6) is 11.5 Å². The van der Waals surface area contributed by atoms with E-state index in [2.05, 4.69) is 34.9 Å². The molecule has 1 fully saturated rings. The summed E-state index contributed by atoms with van der Waals surface area (Å²) in [6.45, 7) is 8.53. The number of hydrogen-bond donors (Lipinski definition) is 3. The second kappa shape index (κ2) is 10.9. The van der Waals surface area contributed by atoms with Crippen LogP contribution in [0.25, 0.3) is 0 Å². The van der Waals surface area contributed by atoms with Crippen LogP contribution >= 0.6 is 0 Å². The minimum atomic E-state index is 0.239. The molecule has 3 rings (SSSR count). The molecule has 0 saturated carbocycles. The van der Waals surface area contributed by atoms with Crippen molar-refractivity contribution in [2.45, 2.75) is 19.9 Å². The summed E-state index contributed by atoms with van der Waals surface area (Å²) in [5.41, 5.74) is 3.61. The van der Waals surface area contributed by atoms with E-state index in [4.69, 9.17) is 0 Å². The van der Waals surface area contributed by atoms with Crippen LogP contribution in [0.1, 0.15) is 28.7 Å². The van der Waals surface area contributed by atoms with Crippen LogP contribution in [0, 0.1) is 6.92 Å². The highest BCUT2D eigenvalue weighted by atomic mass is 16.3. The fourth-order valence-electron chi connectivity index (χ4n) is 3.61. The number of aliphatic imine (C=N–C) groups is 2. The van der Waals surface area contributed by atoms with Crippen molar-refractivity contribution in [2.75, 3.05) is 46.3 Å². The number of hydrogen-bond acceptors (Lipinski definition) is 5.